The summed E-state index contributed by atoms with van der Waals surface area (Å²) < 4.78 is 18.7. The van der Waals surface area contributed by atoms with Crippen molar-refractivity contribution in [2.75, 3.05) is 0 Å². The van der Waals surface area contributed by atoms with Gasteiger partial charge in [-0.3, -0.25) is 4.90 Å². The standard InChI is InChI=1S/C16H15FN2O/c17-16-6-3-12(8-13(16)9-18)10-19(14-4-5-14)11-15-2-1-7-20-15/h1-3,6-8,14H,4-5,10-11H2. The SMILES string of the molecule is N#Cc1cc(CN(Cc2ccco2)C2CC2)ccc1F. The Labute approximate surface area is 117 Å². The van der Waals surface area contributed by atoms with Gasteiger partial charge >= 0.3 is 0 Å². The average molecular weight is 270 g/mol. The van der Waals surface area contributed by atoms with Crippen LogP contribution in [0.25, 0.3) is 0 Å². The molecule has 20 heavy (non-hydrogen) atoms. The van der Waals surface area contributed by atoms with Gasteiger partial charge in [-0.2, -0.15) is 5.26 Å². The highest BCUT2D eigenvalue weighted by Gasteiger charge is 2.29. The van der Waals surface area contributed by atoms with Crippen LogP contribution in [0.4, 0.5) is 4.39 Å². The van der Waals surface area contributed by atoms with E-state index in [-0.39, 0.29) is 5.56 Å². The molecule has 2 aromatic rings. The highest BCUT2D eigenvalue weighted by atomic mass is 19.1. The van der Waals surface area contributed by atoms with Crippen LogP contribution in [0.5, 0.6) is 0 Å². The molecule has 1 aromatic carbocycles. The van der Waals surface area contributed by atoms with Gasteiger partial charge < -0.3 is 4.42 Å². The molecule has 102 valence electrons. The summed E-state index contributed by atoms with van der Waals surface area (Å²) in [6, 6.07) is 11.0. The zero-order valence-corrected chi connectivity index (χ0v) is 11.1. The quantitative estimate of drug-likeness (QED) is 0.835. The summed E-state index contributed by atoms with van der Waals surface area (Å²) in [6.07, 6.45) is 4.05. The molecule has 0 N–H and O–H groups in total. The molecule has 1 fully saturated rings. The molecule has 1 heterocycles. The van der Waals surface area contributed by atoms with Gasteiger partial charge in [0.25, 0.3) is 0 Å². The highest BCUT2D eigenvalue weighted by molar-refractivity contribution is 5.34. The zero-order valence-electron chi connectivity index (χ0n) is 11.1. The smallest absolute Gasteiger partial charge is 0.140 e. The van der Waals surface area contributed by atoms with Crippen molar-refractivity contribution in [1.29, 1.82) is 5.26 Å². The van der Waals surface area contributed by atoms with Crippen LogP contribution in [0.1, 0.15) is 29.7 Å². The lowest BCUT2D eigenvalue weighted by Gasteiger charge is -2.21. The van der Waals surface area contributed by atoms with Gasteiger partial charge in [-0.1, -0.05) is 6.07 Å². The molecular formula is C16H15FN2O. The third kappa shape index (κ3) is 2.89. The minimum Gasteiger partial charge on any atom is -0.468 e. The Morgan fingerprint density at radius 2 is 2.15 bits per heavy atom. The van der Waals surface area contributed by atoms with Crippen molar-refractivity contribution in [1.82, 2.24) is 4.90 Å². The van der Waals surface area contributed by atoms with Gasteiger partial charge in [0.15, 0.2) is 0 Å². The van der Waals surface area contributed by atoms with Crippen LogP contribution in [-0.2, 0) is 13.1 Å². The van der Waals surface area contributed by atoms with Crippen LogP contribution < -0.4 is 0 Å². The van der Waals surface area contributed by atoms with Gasteiger partial charge in [0, 0.05) is 12.6 Å². The lowest BCUT2D eigenvalue weighted by Crippen LogP contribution is -2.24. The van der Waals surface area contributed by atoms with E-state index in [1.54, 1.807) is 18.4 Å². The number of halogens is 1. The first kappa shape index (κ1) is 12.9. The van der Waals surface area contributed by atoms with Crippen molar-refractivity contribution in [3.05, 3.63) is 59.3 Å². The topological polar surface area (TPSA) is 40.2 Å². The van der Waals surface area contributed by atoms with Gasteiger partial charge in [-0.15, -0.1) is 0 Å². The molecule has 4 heteroatoms. The van der Waals surface area contributed by atoms with Crippen molar-refractivity contribution in [2.24, 2.45) is 0 Å². The van der Waals surface area contributed by atoms with Crippen molar-refractivity contribution in [2.45, 2.75) is 32.0 Å². The fourth-order valence-electron chi connectivity index (χ4n) is 2.35. The molecule has 0 atom stereocenters. The maximum Gasteiger partial charge on any atom is 0.140 e. The summed E-state index contributed by atoms with van der Waals surface area (Å²) in [5, 5.41) is 8.89. The van der Waals surface area contributed by atoms with Crippen LogP contribution in [0, 0.1) is 17.1 Å². The first-order chi connectivity index (χ1) is 9.76. The molecule has 0 spiro atoms. The van der Waals surface area contributed by atoms with E-state index in [1.165, 1.54) is 18.9 Å². The van der Waals surface area contributed by atoms with Crippen LogP contribution >= 0.6 is 0 Å². The summed E-state index contributed by atoms with van der Waals surface area (Å²) in [4.78, 5) is 2.31. The largest absolute Gasteiger partial charge is 0.468 e. The second-order valence-corrected chi connectivity index (χ2v) is 5.14. The molecule has 3 nitrogen and oxygen atoms in total. The maximum absolute atomic E-state index is 13.3. The van der Waals surface area contributed by atoms with Crippen molar-refractivity contribution in [3.63, 3.8) is 0 Å². The van der Waals surface area contributed by atoms with Crippen molar-refractivity contribution >= 4 is 0 Å². The molecule has 1 saturated carbocycles. The Hall–Kier alpha value is -2.12. The molecule has 3 rings (SSSR count). The Morgan fingerprint density at radius 1 is 1.30 bits per heavy atom. The first-order valence-corrected chi connectivity index (χ1v) is 6.71. The molecule has 1 aliphatic carbocycles. The second-order valence-electron chi connectivity index (χ2n) is 5.14. The van der Waals surface area contributed by atoms with Gasteiger partial charge in [-0.25, -0.2) is 4.39 Å². The Morgan fingerprint density at radius 3 is 2.80 bits per heavy atom. The summed E-state index contributed by atoms with van der Waals surface area (Å²) in [5.41, 5.74) is 1.07. The highest BCUT2D eigenvalue weighted by Crippen LogP contribution is 2.30. The number of furan rings is 1. The minimum atomic E-state index is -0.458. The summed E-state index contributed by atoms with van der Waals surface area (Å²) in [6.45, 7) is 1.46. The van der Waals surface area contributed by atoms with E-state index in [2.05, 4.69) is 4.90 Å². The number of nitrogens with zero attached hydrogens (tertiary/aromatic N) is 2. The lowest BCUT2D eigenvalue weighted by atomic mass is 10.1. The fraction of sp³-hybridized carbons (Fsp3) is 0.312. The summed E-state index contributed by atoms with van der Waals surface area (Å²) in [5.74, 6) is 0.472. The van der Waals surface area contributed by atoms with E-state index in [4.69, 9.17) is 9.68 Å². The van der Waals surface area contributed by atoms with Crippen molar-refractivity contribution in [3.8, 4) is 6.07 Å². The zero-order chi connectivity index (χ0) is 13.9. The molecule has 0 amide bonds. The van der Waals surface area contributed by atoms with Gasteiger partial charge in [0.05, 0.1) is 18.4 Å². The minimum absolute atomic E-state index is 0.108. The molecule has 0 unspecified atom stereocenters. The van der Waals surface area contributed by atoms with E-state index in [0.717, 1.165) is 17.9 Å². The number of hydrogen-bond acceptors (Lipinski definition) is 3. The molecule has 0 radical (unpaired) electrons. The number of benzene rings is 1. The Bertz CT molecular complexity index is 626. The number of rotatable bonds is 5. The van der Waals surface area contributed by atoms with Crippen LogP contribution in [0.2, 0.25) is 0 Å². The first-order valence-electron chi connectivity index (χ1n) is 6.71. The lowest BCUT2D eigenvalue weighted by molar-refractivity contribution is 0.225. The van der Waals surface area contributed by atoms with E-state index in [0.29, 0.717) is 12.6 Å². The van der Waals surface area contributed by atoms with Crippen molar-refractivity contribution < 1.29 is 8.81 Å². The Kier molecular flexibility index (Phi) is 3.53. The van der Waals surface area contributed by atoms with Gasteiger partial charge in [-0.05, 0) is 42.7 Å². The van der Waals surface area contributed by atoms with E-state index >= 15 is 0 Å². The molecule has 0 aliphatic heterocycles. The van der Waals surface area contributed by atoms with Gasteiger partial charge in [0.1, 0.15) is 17.6 Å². The monoisotopic (exact) mass is 270 g/mol. The summed E-state index contributed by atoms with van der Waals surface area (Å²) in [7, 11) is 0. The molecule has 0 bridgehead atoms. The van der Waals surface area contributed by atoms with Crippen LogP contribution in [0.3, 0.4) is 0 Å². The predicted octanol–water partition coefficient (Wildman–Crippen LogP) is 3.45. The molecule has 1 aromatic heterocycles. The number of hydrogen-bond donors (Lipinski definition) is 0. The summed E-state index contributed by atoms with van der Waals surface area (Å²) >= 11 is 0. The van der Waals surface area contributed by atoms with Crippen LogP contribution in [-0.4, -0.2) is 10.9 Å². The normalized spacial score (nSPS) is 14.4. The second kappa shape index (κ2) is 5.48. The maximum atomic E-state index is 13.3. The van der Waals surface area contributed by atoms with Gasteiger partial charge in [0.2, 0.25) is 0 Å². The molecule has 1 aliphatic rings. The fourth-order valence-corrected chi connectivity index (χ4v) is 2.35. The third-order valence-electron chi connectivity index (χ3n) is 3.54. The third-order valence-corrected chi connectivity index (χ3v) is 3.54. The average Bonchev–Trinajstić information content (AvgIpc) is 3.18. The predicted molar refractivity (Wildman–Crippen MR) is 72.1 cm³/mol. The molecule has 0 saturated heterocycles. The van der Waals surface area contributed by atoms with Crippen LogP contribution in [0.15, 0.2) is 41.0 Å². The van der Waals surface area contributed by atoms with E-state index in [1.807, 2.05) is 18.2 Å². The Balaban J connectivity index is 1.75. The van der Waals surface area contributed by atoms with E-state index in [9.17, 15) is 4.39 Å². The molecular weight excluding hydrogens is 255 g/mol. The number of nitriles is 1. The van der Waals surface area contributed by atoms with E-state index < -0.39 is 5.82 Å².